The molecule has 0 aromatic carbocycles. The van der Waals surface area contributed by atoms with Gasteiger partial charge in [-0.3, -0.25) is 4.72 Å². The second-order valence-electron chi connectivity index (χ2n) is 3.72. The Morgan fingerprint density at radius 2 is 2.17 bits per heavy atom. The zero-order valence-corrected chi connectivity index (χ0v) is 12.4. The molecule has 0 bridgehead atoms. The van der Waals surface area contributed by atoms with E-state index in [0.29, 0.717) is 11.7 Å². The minimum absolute atomic E-state index is 0.235. The van der Waals surface area contributed by atoms with E-state index in [2.05, 4.69) is 9.71 Å². The van der Waals surface area contributed by atoms with Gasteiger partial charge in [-0.15, -0.1) is 22.7 Å². The lowest BCUT2D eigenvalue weighted by atomic mass is 10.4. The Bertz CT molecular complexity index is 638. The number of nitrogens with zero attached hydrogens (tertiary/aromatic N) is 1. The van der Waals surface area contributed by atoms with Gasteiger partial charge in [-0.2, -0.15) is 0 Å². The molecule has 2 heterocycles. The molecule has 0 fully saturated rings. The van der Waals surface area contributed by atoms with Gasteiger partial charge < -0.3 is 5.73 Å². The zero-order chi connectivity index (χ0) is 13.3. The lowest BCUT2D eigenvalue weighted by Gasteiger charge is -2.01. The van der Waals surface area contributed by atoms with Gasteiger partial charge >= 0.3 is 0 Å². The van der Waals surface area contributed by atoms with Gasteiger partial charge in [-0.25, -0.2) is 13.4 Å². The molecular formula is C10H13N3O2S3. The van der Waals surface area contributed by atoms with Crippen LogP contribution in [0.15, 0.2) is 16.3 Å². The molecule has 0 aliphatic rings. The van der Waals surface area contributed by atoms with Crippen LogP contribution in [0.5, 0.6) is 0 Å². The molecule has 0 aliphatic heterocycles. The Kier molecular flexibility index (Phi) is 3.71. The van der Waals surface area contributed by atoms with E-state index in [-0.39, 0.29) is 4.90 Å². The topological polar surface area (TPSA) is 85.1 Å². The highest BCUT2D eigenvalue weighted by Gasteiger charge is 2.18. The predicted molar refractivity (Wildman–Crippen MR) is 74.6 cm³/mol. The van der Waals surface area contributed by atoms with Crippen LogP contribution in [0, 0.1) is 13.8 Å². The number of hydrogen-bond donors (Lipinski definition) is 2. The maximum atomic E-state index is 12.1. The molecule has 0 amide bonds. The highest BCUT2D eigenvalue weighted by Crippen LogP contribution is 2.25. The summed E-state index contributed by atoms with van der Waals surface area (Å²) in [5, 5.41) is 1.98. The van der Waals surface area contributed by atoms with Crippen LogP contribution in [0.1, 0.15) is 15.4 Å². The largest absolute Gasteiger partial charge is 0.326 e. The summed E-state index contributed by atoms with van der Waals surface area (Å²) in [7, 11) is -3.55. The molecule has 0 unspecified atom stereocenters. The molecule has 2 rings (SSSR count). The maximum absolute atomic E-state index is 12.1. The number of thiophene rings is 1. The molecule has 0 aliphatic carbocycles. The van der Waals surface area contributed by atoms with Crippen LogP contribution < -0.4 is 10.5 Å². The van der Waals surface area contributed by atoms with Gasteiger partial charge in [0.1, 0.15) is 0 Å². The van der Waals surface area contributed by atoms with Crippen molar-refractivity contribution < 1.29 is 8.42 Å². The fraction of sp³-hybridized carbons (Fsp3) is 0.300. The van der Waals surface area contributed by atoms with E-state index < -0.39 is 10.0 Å². The molecule has 8 heteroatoms. The van der Waals surface area contributed by atoms with Crippen molar-refractivity contribution in [2.45, 2.75) is 25.3 Å². The quantitative estimate of drug-likeness (QED) is 0.905. The lowest BCUT2D eigenvalue weighted by Crippen LogP contribution is -2.11. The van der Waals surface area contributed by atoms with Crippen molar-refractivity contribution in [3.8, 4) is 0 Å². The molecule has 0 saturated heterocycles. The number of sulfonamides is 1. The number of nitrogens with two attached hydrogens (primary N) is 1. The first-order valence-corrected chi connectivity index (χ1v) is 8.34. The first-order valence-electron chi connectivity index (χ1n) is 5.16. The molecule has 0 spiro atoms. The second kappa shape index (κ2) is 4.96. The van der Waals surface area contributed by atoms with E-state index in [1.807, 2.05) is 13.8 Å². The van der Waals surface area contributed by atoms with Crippen LogP contribution in [0.3, 0.4) is 0 Å². The molecule has 2 aromatic rings. The van der Waals surface area contributed by atoms with E-state index >= 15 is 0 Å². The highest BCUT2D eigenvalue weighted by atomic mass is 32.2. The molecule has 2 aromatic heterocycles. The number of aryl methyl sites for hydroxylation is 2. The standard InChI is InChI=1S/C10H13N3O2S3/c1-6-7(2)17-10(12-6)13-18(14,15)9-3-8(4-11)16-5-9/h3,5H,4,11H2,1-2H3,(H,12,13). The number of aromatic nitrogens is 1. The van der Waals surface area contributed by atoms with Gasteiger partial charge in [0.05, 0.1) is 10.6 Å². The van der Waals surface area contributed by atoms with Gasteiger partial charge in [0.15, 0.2) is 5.13 Å². The third-order valence-electron chi connectivity index (χ3n) is 2.39. The Balaban J connectivity index is 2.26. The Morgan fingerprint density at radius 1 is 1.44 bits per heavy atom. The van der Waals surface area contributed by atoms with Crippen LogP contribution in [-0.4, -0.2) is 13.4 Å². The first-order chi connectivity index (χ1) is 8.42. The maximum Gasteiger partial charge on any atom is 0.264 e. The monoisotopic (exact) mass is 303 g/mol. The summed E-state index contributed by atoms with van der Waals surface area (Å²) in [6, 6.07) is 1.58. The number of anilines is 1. The average molecular weight is 303 g/mol. The van der Waals surface area contributed by atoms with Crippen molar-refractivity contribution in [3.63, 3.8) is 0 Å². The number of hydrogen-bond acceptors (Lipinski definition) is 6. The first kappa shape index (κ1) is 13.5. The molecule has 0 radical (unpaired) electrons. The van der Waals surface area contributed by atoms with Crippen molar-refractivity contribution >= 4 is 37.8 Å². The summed E-state index contributed by atoms with van der Waals surface area (Å²) < 4.78 is 26.6. The molecule has 98 valence electrons. The van der Waals surface area contributed by atoms with Gasteiger partial charge in [0.2, 0.25) is 0 Å². The lowest BCUT2D eigenvalue weighted by molar-refractivity contribution is 0.601. The van der Waals surface area contributed by atoms with Crippen LogP contribution in [0.2, 0.25) is 0 Å². The third-order valence-corrected chi connectivity index (χ3v) is 5.94. The van der Waals surface area contributed by atoms with Gasteiger partial charge in [-0.05, 0) is 19.9 Å². The molecule has 3 N–H and O–H groups in total. The van der Waals surface area contributed by atoms with Crippen molar-refractivity contribution in [3.05, 3.63) is 26.9 Å². The molecule has 0 atom stereocenters. The molecule has 0 saturated carbocycles. The Morgan fingerprint density at radius 3 is 2.67 bits per heavy atom. The molecular weight excluding hydrogens is 290 g/mol. The van der Waals surface area contributed by atoms with Crippen LogP contribution in [0.4, 0.5) is 5.13 Å². The molecule has 5 nitrogen and oxygen atoms in total. The summed E-state index contributed by atoms with van der Waals surface area (Å²) in [6.07, 6.45) is 0. The predicted octanol–water partition coefficient (Wildman–Crippen LogP) is 2.08. The summed E-state index contributed by atoms with van der Waals surface area (Å²) in [5.74, 6) is 0. The highest BCUT2D eigenvalue weighted by molar-refractivity contribution is 7.93. The normalized spacial score (nSPS) is 11.7. The number of nitrogens with one attached hydrogen (secondary N) is 1. The summed E-state index contributed by atoms with van der Waals surface area (Å²) in [5.41, 5.74) is 6.31. The van der Waals surface area contributed by atoms with E-state index in [0.717, 1.165) is 15.4 Å². The van der Waals surface area contributed by atoms with E-state index in [4.69, 9.17) is 5.73 Å². The average Bonchev–Trinajstić information content (AvgIpc) is 2.86. The second-order valence-corrected chi connectivity index (χ2v) is 7.60. The minimum atomic E-state index is -3.55. The summed E-state index contributed by atoms with van der Waals surface area (Å²) in [6.45, 7) is 4.10. The fourth-order valence-electron chi connectivity index (χ4n) is 1.30. The summed E-state index contributed by atoms with van der Waals surface area (Å²) >= 11 is 2.66. The van der Waals surface area contributed by atoms with Crippen LogP contribution in [-0.2, 0) is 16.6 Å². The number of rotatable bonds is 4. The smallest absolute Gasteiger partial charge is 0.264 e. The van der Waals surface area contributed by atoms with Crippen molar-refractivity contribution in [2.75, 3.05) is 4.72 Å². The fourth-order valence-corrected chi connectivity index (χ4v) is 4.50. The van der Waals surface area contributed by atoms with Crippen molar-refractivity contribution in [1.82, 2.24) is 4.98 Å². The SMILES string of the molecule is Cc1nc(NS(=O)(=O)c2csc(CN)c2)sc1C. The van der Waals surface area contributed by atoms with Gasteiger partial charge in [0.25, 0.3) is 10.0 Å². The zero-order valence-electron chi connectivity index (χ0n) is 9.93. The van der Waals surface area contributed by atoms with Crippen LogP contribution in [0.25, 0.3) is 0 Å². The van der Waals surface area contributed by atoms with E-state index in [1.54, 1.807) is 11.4 Å². The van der Waals surface area contributed by atoms with Crippen LogP contribution >= 0.6 is 22.7 Å². The molecule has 18 heavy (non-hydrogen) atoms. The Labute approximate surface area is 114 Å². The van der Waals surface area contributed by atoms with Gasteiger partial charge in [0, 0.05) is 21.7 Å². The van der Waals surface area contributed by atoms with Crippen molar-refractivity contribution in [1.29, 1.82) is 0 Å². The summed E-state index contributed by atoms with van der Waals surface area (Å²) in [4.78, 5) is 6.23. The number of thiazole rings is 1. The van der Waals surface area contributed by atoms with Gasteiger partial charge in [-0.1, -0.05) is 0 Å². The minimum Gasteiger partial charge on any atom is -0.326 e. The van der Waals surface area contributed by atoms with Crippen molar-refractivity contribution in [2.24, 2.45) is 5.73 Å². The third kappa shape index (κ3) is 2.72. The van der Waals surface area contributed by atoms with E-state index in [1.165, 1.54) is 22.7 Å². The Hall–Kier alpha value is -0.960. The van der Waals surface area contributed by atoms with E-state index in [9.17, 15) is 8.42 Å².